The van der Waals surface area contributed by atoms with E-state index >= 15 is 0 Å². The normalized spacial score (nSPS) is 12.5. The van der Waals surface area contributed by atoms with Gasteiger partial charge in [0.2, 0.25) is 0 Å². The van der Waals surface area contributed by atoms with Gasteiger partial charge in [-0.2, -0.15) is 5.10 Å². The fraction of sp³-hybridized carbons (Fsp3) is 0.357. The molecule has 1 aromatic carbocycles. The van der Waals surface area contributed by atoms with Crippen LogP contribution in [0.5, 0.6) is 5.75 Å². The molecule has 2 aromatic rings. The van der Waals surface area contributed by atoms with Crippen LogP contribution in [0.15, 0.2) is 22.7 Å². The van der Waals surface area contributed by atoms with Crippen LogP contribution in [0.4, 0.5) is 0 Å². The predicted octanol–water partition coefficient (Wildman–Crippen LogP) is 3.28. The number of hydrogen-bond acceptors (Lipinski definition) is 3. The maximum absolute atomic E-state index is 6.09. The van der Waals surface area contributed by atoms with Crippen molar-refractivity contribution in [3.8, 4) is 11.4 Å². The van der Waals surface area contributed by atoms with Crippen LogP contribution in [-0.2, 0) is 0 Å². The lowest BCUT2D eigenvalue weighted by molar-refractivity contribution is 0.406. The molecule has 1 unspecified atom stereocenters. The highest BCUT2D eigenvalue weighted by atomic mass is 79.9. The number of benzene rings is 1. The molecule has 2 N–H and O–H groups in total. The molecule has 19 heavy (non-hydrogen) atoms. The summed E-state index contributed by atoms with van der Waals surface area (Å²) in [7, 11) is 1.65. The van der Waals surface area contributed by atoms with Gasteiger partial charge in [0.05, 0.1) is 28.7 Å². The van der Waals surface area contributed by atoms with Gasteiger partial charge >= 0.3 is 0 Å². The fourth-order valence-corrected chi connectivity index (χ4v) is 2.46. The Morgan fingerprint density at radius 1 is 1.37 bits per heavy atom. The number of aryl methyl sites for hydroxylation is 1. The zero-order valence-electron chi connectivity index (χ0n) is 11.6. The van der Waals surface area contributed by atoms with Gasteiger partial charge in [-0.1, -0.05) is 6.07 Å². The fourth-order valence-electron chi connectivity index (χ4n) is 2.21. The summed E-state index contributed by atoms with van der Waals surface area (Å²) in [5.74, 6) is 0.788. The number of methoxy groups -OCH3 is 1. The molecule has 0 aliphatic heterocycles. The largest absolute Gasteiger partial charge is 0.496 e. The molecular formula is C14H18BrN3O. The third-order valence-electron chi connectivity index (χ3n) is 3.15. The van der Waals surface area contributed by atoms with Crippen molar-refractivity contribution in [1.82, 2.24) is 9.78 Å². The molecule has 0 saturated heterocycles. The topological polar surface area (TPSA) is 53.1 Å². The minimum absolute atomic E-state index is 0.131. The van der Waals surface area contributed by atoms with Crippen molar-refractivity contribution in [2.24, 2.45) is 5.73 Å². The smallest absolute Gasteiger partial charge is 0.125 e. The summed E-state index contributed by atoms with van der Waals surface area (Å²) < 4.78 is 8.34. The third-order valence-corrected chi connectivity index (χ3v) is 4.30. The van der Waals surface area contributed by atoms with Crippen molar-refractivity contribution in [3.63, 3.8) is 0 Å². The Kier molecular flexibility index (Phi) is 3.96. The number of ether oxygens (including phenoxy) is 1. The lowest BCUT2D eigenvalue weighted by atomic mass is 10.1. The second-order valence-electron chi connectivity index (χ2n) is 4.58. The van der Waals surface area contributed by atoms with Crippen LogP contribution in [0.2, 0.25) is 0 Å². The van der Waals surface area contributed by atoms with Gasteiger partial charge < -0.3 is 10.5 Å². The molecule has 0 saturated carbocycles. The number of rotatable bonds is 3. The lowest BCUT2D eigenvalue weighted by Crippen LogP contribution is -2.13. The summed E-state index contributed by atoms with van der Waals surface area (Å²) in [6, 6.07) is 5.74. The standard InChI is InChI=1S/C14H18BrN3O/c1-8(16)13-11(6-5-7-12(13)19-4)18-10(3)14(15)9(2)17-18/h5-8H,16H2,1-4H3. The number of hydrogen-bond donors (Lipinski definition) is 1. The minimum Gasteiger partial charge on any atom is -0.496 e. The quantitative estimate of drug-likeness (QED) is 0.943. The van der Waals surface area contributed by atoms with Gasteiger partial charge in [0.1, 0.15) is 5.75 Å². The van der Waals surface area contributed by atoms with E-state index in [1.54, 1.807) is 7.11 Å². The Balaban J connectivity index is 2.71. The number of nitrogens with zero attached hydrogens (tertiary/aromatic N) is 2. The summed E-state index contributed by atoms with van der Waals surface area (Å²) in [4.78, 5) is 0. The van der Waals surface area contributed by atoms with Crippen molar-refractivity contribution >= 4 is 15.9 Å². The van der Waals surface area contributed by atoms with Crippen LogP contribution in [0.25, 0.3) is 5.69 Å². The summed E-state index contributed by atoms with van der Waals surface area (Å²) in [5.41, 5.74) is 10.0. The molecule has 0 aliphatic carbocycles. The second kappa shape index (κ2) is 5.35. The van der Waals surface area contributed by atoms with Crippen molar-refractivity contribution < 1.29 is 4.74 Å². The maximum atomic E-state index is 6.09. The summed E-state index contributed by atoms with van der Waals surface area (Å²) in [6.45, 7) is 5.94. The highest BCUT2D eigenvalue weighted by molar-refractivity contribution is 9.10. The first-order chi connectivity index (χ1) is 8.97. The molecule has 102 valence electrons. The van der Waals surface area contributed by atoms with Crippen LogP contribution in [0.1, 0.15) is 29.9 Å². The first-order valence-corrected chi connectivity index (χ1v) is 6.91. The first kappa shape index (κ1) is 14.1. The van der Waals surface area contributed by atoms with Gasteiger partial charge in [-0.05, 0) is 48.8 Å². The van der Waals surface area contributed by atoms with E-state index in [9.17, 15) is 0 Å². The zero-order chi connectivity index (χ0) is 14.2. The van der Waals surface area contributed by atoms with Gasteiger partial charge in [0, 0.05) is 11.6 Å². The molecular weight excluding hydrogens is 306 g/mol. The molecule has 0 spiro atoms. The van der Waals surface area contributed by atoms with Crippen LogP contribution in [-0.4, -0.2) is 16.9 Å². The van der Waals surface area contributed by atoms with Crippen LogP contribution in [0.3, 0.4) is 0 Å². The second-order valence-corrected chi connectivity index (χ2v) is 5.37. The third kappa shape index (κ3) is 2.40. The van der Waals surface area contributed by atoms with Crippen LogP contribution >= 0.6 is 15.9 Å². The monoisotopic (exact) mass is 323 g/mol. The van der Waals surface area contributed by atoms with Crippen molar-refractivity contribution in [1.29, 1.82) is 0 Å². The maximum Gasteiger partial charge on any atom is 0.125 e. The van der Waals surface area contributed by atoms with Crippen molar-refractivity contribution in [2.45, 2.75) is 26.8 Å². The van der Waals surface area contributed by atoms with Crippen LogP contribution < -0.4 is 10.5 Å². The summed E-state index contributed by atoms with van der Waals surface area (Å²) in [6.07, 6.45) is 0. The Hall–Kier alpha value is -1.33. The Morgan fingerprint density at radius 3 is 2.53 bits per heavy atom. The molecule has 0 radical (unpaired) electrons. The highest BCUT2D eigenvalue weighted by Gasteiger charge is 2.18. The predicted molar refractivity (Wildman–Crippen MR) is 79.9 cm³/mol. The summed E-state index contributed by atoms with van der Waals surface area (Å²) in [5, 5.41) is 4.56. The first-order valence-electron chi connectivity index (χ1n) is 6.12. The average Bonchev–Trinajstić information content (AvgIpc) is 2.65. The molecule has 1 aromatic heterocycles. The highest BCUT2D eigenvalue weighted by Crippen LogP contribution is 2.32. The number of aromatic nitrogens is 2. The SMILES string of the molecule is COc1cccc(-n2nc(C)c(Br)c2C)c1C(C)N. The lowest BCUT2D eigenvalue weighted by Gasteiger charge is -2.17. The van der Waals surface area contributed by atoms with E-state index in [1.807, 2.05) is 43.7 Å². The van der Waals surface area contributed by atoms with Gasteiger partial charge in [0.15, 0.2) is 0 Å². The number of halogens is 1. The van der Waals surface area contributed by atoms with Crippen molar-refractivity contribution in [3.05, 3.63) is 39.6 Å². The zero-order valence-corrected chi connectivity index (χ0v) is 13.2. The molecule has 0 bridgehead atoms. The van der Waals surface area contributed by atoms with Gasteiger partial charge in [0.25, 0.3) is 0 Å². The van der Waals surface area contributed by atoms with E-state index in [2.05, 4.69) is 21.0 Å². The molecule has 5 heteroatoms. The van der Waals surface area contributed by atoms with Crippen LogP contribution in [0, 0.1) is 13.8 Å². The molecule has 1 atom stereocenters. The van der Waals surface area contributed by atoms with Gasteiger partial charge in [-0.3, -0.25) is 0 Å². The van der Waals surface area contributed by atoms with Gasteiger partial charge in [-0.15, -0.1) is 0 Å². The van der Waals surface area contributed by atoms with Gasteiger partial charge in [-0.25, -0.2) is 4.68 Å². The Morgan fingerprint density at radius 2 is 2.05 bits per heavy atom. The molecule has 1 heterocycles. The molecule has 4 nitrogen and oxygen atoms in total. The Labute approximate surface area is 121 Å². The minimum atomic E-state index is -0.131. The Bertz CT molecular complexity index is 605. The molecule has 0 aliphatic rings. The summed E-state index contributed by atoms with van der Waals surface area (Å²) >= 11 is 3.55. The number of nitrogens with two attached hydrogens (primary N) is 1. The molecule has 2 rings (SSSR count). The van der Waals surface area contributed by atoms with E-state index in [1.165, 1.54) is 0 Å². The van der Waals surface area contributed by atoms with E-state index in [4.69, 9.17) is 10.5 Å². The van der Waals surface area contributed by atoms with E-state index < -0.39 is 0 Å². The van der Waals surface area contributed by atoms with E-state index in [0.717, 1.165) is 32.9 Å². The average molecular weight is 324 g/mol. The van der Waals surface area contributed by atoms with E-state index in [0.29, 0.717) is 0 Å². The molecule has 0 fully saturated rings. The van der Waals surface area contributed by atoms with E-state index in [-0.39, 0.29) is 6.04 Å². The van der Waals surface area contributed by atoms with Crippen molar-refractivity contribution in [2.75, 3.05) is 7.11 Å². The molecule has 0 amide bonds.